The molecule has 0 bridgehead atoms. The highest BCUT2D eigenvalue weighted by molar-refractivity contribution is 5.98. The maximum atomic E-state index is 13.6. The molecule has 0 saturated carbocycles. The number of nitrogens with one attached hydrogen (secondary N) is 3. The van der Waals surface area contributed by atoms with Gasteiger partial charge in [-0.1, -0.05) is 26.0 Å². The van der Waals surface area contributed by atoms with E-state index in [1.807, 2.05) is 6.07 Å². The number of benzene rings is 1. The lowest BCUT2D eigenvalue weighted by molar-refractivity contribution is -0.230. The fourth-order valence-corrected chi connectivity index (χ4v) is 6.39. The number of methoxy groups -OCH3 is 1. The molecule has 2 aromatic rings. The van der Waals surface area contributed by atoms with Crippen LogP contribution in [0, 0.1) is 0 Å². The van der Waals surface area contributed by atoms with Crippen LogP contribution in [0.3, 0.4) is 0 Å². The van der Waals surface area contributed by atoms with E-state index in [0.29, 0.717) is 18.1 Å². The zero-order valence-corrected chi connectivity index (χ0v) is 24.0. The van der Waals surface area contributed by atoms with Crippen LogP contribution < -0.4 is 36.9 Å². The minimum Gasteiger partial charge on any atom is -0.497 e. The number of carbonyl (C=O) groups excluding carboxylic acids is 2. The summed E-state index contributed by atoms with van der Waals surface area (Å²) in [5.41, 5.74) is 11.8. The van der Waals surface area contributed by atoms with Crippen molar-refractivity contribution in [2.45, 2.75) is 55.3 Å². The van der Waals surface area contributed by atoms with Gasteiger partial charge >= 0.3 is 0 Å². The number of para-hydroxylation sites is 1. The van der Waals surface area contributed by atoms with Gasteiger partial charge in [-0.25, -0.2) is 9.98 Å². The zero-order valence-electron chi connectivity index (χ0n) is 24.0. The first-order valence-electron chi connectivity index (χ1n) is 13.9. The molecule has 6 rings (SSSR count). The first-order chi connectivity index (χ1) is 20.4. The topological polar surface area (TPSA) is 222 Å². The van der Waals surface area contributed by atoms with E-state index >= 15 is 0 Å². The van der Waals surface area contributed by atoms with Crippen LogP contribution in [0.4, 0.5) is 0 Å². The van der Waals surface area contributed by atoms with E-state index in [0.717, 1.165) is 12.0 Å². The summed E-state index contributed by atoms with van der Waals surface area (Å²) < 4.78 is 11.1. The molecule has 1 aromatic carbocycles. The minimum atomic E-state index is -2.63. The SMILES string of the molecule is COc1ccnc(C(=O)NC[C@@H]2N=C(N)N3C[C@H](NC(=O)c4cccc5c4OCCC5(C)C)C(O)(O)[C@@]34NC(N)=N[C@@H]24)c1. The van der Waals surface area contributed by atoms with E-state index in [2.05, 4.69) is 44.8 Å². The molecule has 4 aliphatic rings. The van der Waals surface area contributed by atoms with Crippen molar-refractivity contribution in [1.29, 1.82) is 0 Å². The number of nitrogens with zero attached hydrogens (tertiary/aromatic N) is 4. The number of rotatable bonds is 6. The number of aromatic nitrogens is 1. The highest BCUT2D eigenvalue weighted by Gasteiger charge is 2.73. The van der Waals surface area contributed by atoms with Crippen molar-refractivity contribution >= 4 is 23.7 Å². The standard InChI is InChI=1S/C28H35N9O6/c1-26(2)8-10-43-20-15(5-4-6-16(20)26)22(38)34-19-13-37-25(30)33-18(21-27(37,28(19,40)41)36-24(29)35-21)12-32-23(39)17-11-14(42-3)7-9-31-17/h4-7,9,11,18-19,21,40-41H,8,10,12-13H2,1-3H3,(H2,30,33)(H,32,39)(H,34,38)(H3,29,35,36)/t18-,19-,21-,27-/m0/s1. The summed E-state index contributed by atoms with van der Waals surface area (Å²) in [6.07, 6.45) is 2.24. The van der Waals surface area contributed by atoms with Crippen molar-refractivity contribution in [2.24, 2.45) is 21.5 Å². The number of guanidine groups is 2. The monoisotopic (exact) mass is 593 g/mol. The second-order valence-corrected chi connectivity index (χ2v) is 11.7. The van der Waals surface area contributed by atoms with Crippen molar-refractivity contribution in [2.75, 3.05) is 26.8 Å². The Hall–Kier alpha value is -4.63. The number of aliphatic imine (C=N–C) groups is 2. The Morgan fingerprint density at radius 2 is 2.00 bits per heavy atom. The molecule has 1 fully saturated rings. The predicted molar refractivity (Wildman–Crippen MR) is 155 cm³/mol. The number of hydrogen-bond donors (Lipinski definition) is 7. The fourth-order valence-electron chi connectivity index (χ4n) is 6.39. The quantitative estimate of drug-likeness (QED) is 0.188. The molecule has 0 unspecified atom stereocenters. The summed E-state index contributed by atoms with van der Waals surface area (Å²) in [5, 5.41) is 31.9. The smallest absolute Gasteiger partial charge is 0.270 e. The fraction of sp³-hybridized carbons (Fsp3) is 0.464. The molecule has 15 nitrogen and oxygen atoms in total. The Bertz CT molecular complexity index is 1540. The molecule has 5 heterocycles. The Kier molecular flexibility index (Phi) is 6.61. The van der Waals surface area contributed by atoms with E-state index in [1.54, 1.807) is 18.2 Å². The van der Waals surface area contributed by atoms with Crippen LogP contribution >= 0.6 is 0 Å². The van der Waals surface area contributed by atoms with Crippen LogP contribution in [0.25, 0.3) is 0 Å². The Balaban J connectivity index is 1.25. The molecule has 2 amide bonds. The number of ether oxygens (including phenoxy) is 2. The molecule has 0 radical (unpaired) electrons. The number of nitrogens with two attached hydrogens (primary N) is 2. The van der Waals surface area contributed by atoms with Crippen LogP contribution in [0.2, 0.25) is 0 Å². The minimum absolute atomic E-state index is 0.0428. The van der Waals surface area contributed by atoms with Crippen molar-refractivity contribution in [3.05, 3.63) is 53.3 Å². The van der Waals surface area contributed by atoms with Crippen LogP contribution in [-0.4, -0.2) is 100 Å². The lowest BCUT2D eigenvalue weighted by atomic mass is 9.79. The molecule has 4 atom stereocenters. The lowest BCUT2D eigenvalue weighted by Crippen LogP contribution is -2.78. The molecule has 0 aliphatic carbocycles. The van der Waals surface area contributed by atoms with Gasteiger partial charge in [-0.05, 0) is 24.0 Å². The van der Waals surface area contributed by atoms with Gasteiger partial charge < -0.3 is 52.0 Å². The Morgan fingerprint density at radius 1 is 1.21 bits per heavy atom. The van der Waals surface area contributed by atoms with Crippen LogP contribution in [0.5, 0.6) is 11.5 Å². The Morgan fingerprint density at radius 3 is 2.77 bits per heavy atom. The third-order valence-corrected chi connectivity index (χ3v) is 8.74. The van der Waals surface area contributed by atoms with Crippen LogP contribution in [0.15, 0.2) is 46.5 Å². The number of hydrogen-bond acceptors (Lipinski definition) is 13. The van der Waals surface area contributed by atoms with E-state index in [1.165, 1.54) is 24.3 Å². The van der Waals surface area contributed by atoms with Gasteiger partial charge in [0, 0.05) is 30.9 Å². The maximum Gasteiger partial charge on any atom is 0.270 e. The number of fused-ring (bicyclic) bond motifs is 1. The highest BCUT2D eigenvalue weighted by Crippen LogP contribution is 2.45. The summed E-state index contributed by atoms with van der Waals surface area (Å²) in [7, 11) is 1.48. The zero-order chi connectivity index (χ0) is 30.7. The number of amides is 2. The summed E-state index contributed by atoms with van der Waals surface area (Å²) in [4.78, 5) is 40.9. The first-order valence-corrected chi connectivity index (χ1v) is 13.9. The van der Waals surface area contributed by atoms with Crippen molar-refractivity contribution in [1.82, 2.24) is 25.8 Å². The lowest BCUT2D eigenvalue weighted by Gasteiger charge is -2.49. The largest absolute Gasteiger partial charge is 0.497 e. The molecule has 1 aromatic heterocycles. The second-order valence-electron chi connectivity index (χ2n) is 11.7. The number of aliphatic hydroxyl groups is 2. The van der Waals surface area contributed by atoms with Gasteiger partial charge in [0.15, 0.2) is 17.6 Å². The van der Waals surface area contributed by atoms with Crippen molar-refractivity contribution in [3.8, 4) is 11.5 Å². The molecular weight excluding hydrogens is 558 g/mol. The summed E-state index contributed by atoms with van der Waals surface area (Å²) in [6, 6.07) is 5.35. The molecule has 9 N–H and O–H groups in total. The van der Waals surface area contributed by atoms with Crippen molar-refractivity contribution < 1.29 is 29.3 Å². The summed E-state index contributed by atoms with van der Waals surface area (Å²) in [6.45, 7) is 4.43. The predicted octanol–water partition coefficient (Wildman–Crippen LogP) is -1.65. The van der Waals surface area contributed by atoms with Gasteiger partial charge in [0.2, 0.25) is 5.79 Å². The molecule has 43 heavy (non-hydrogen) atoms. The van der Waals surface area contributed by atoms with E-state index in [-0.39, 0.29) is 41.7 Å². The van der Waals surface area contributed by atoms with E-state index in [9.17, 15) is 19.8 Å². The highest BCUT2D eigenvalue weighted by atomic mass is 16.5. The van der Waals surface area contributed by atoms with Crippen LogP contribution in [-0.2, 0) is 5.41 Å². The number of carbonyl (C=O) groups is 2. The van der Waals surface area contributed by atoms with Gasteiger partial charge in [0.1, 0.15) is 29.3 Å². The first kappa shape index (κ1) is 28.5. The molecular formula is C28H35N9O6. The average molecular weight is 594 g/mol. The van der Waals surface area contributed by atoms with E-state index < -0.39 is 41.4 Å². The van der Waals surface area contributed by atoms with Gasteiger partial charge in [0.05, 0.1) is 25.3 Å². The third kappa shape index (κ3) is 4.38. The van der Waals surface area contributed by atoms with Gasteiger partial charge in [-0.2, -0.15) is 0 Å². The summed E-state index contributed by atoms with van der Waals surface area (Å²) in [5.74, 6) is -2.86. The average Bonchev–Trinajstić information content (AvgIpc) is 3.45. The molecule has 228 valence electrons. The maximum absolute atomic E-state index is 13.6. The molecule has 15 heteroatoms. The summed E-state index contributed by atoms with van der Waals surface area (Å²) >= 11 is 0. The second kappa shape index (κ2) is 9.98. The van der Waals surface area contributed by atoms with Gasteiger partial charge in [0.25, 0.3) is 11.8 Å². The van der Waals surface area contributed by atoms with Crippen molar-refractivity contribution in [3.63, 3.8) is 0 Å². The Labute approximate surface area is 247 Å². The van der Waals surface area contributed by atoms with Crippen LogP contribution in [0.1, 0.15) is 46.7 Å². The third-order valence-electron chi connectivity index (χ3n) is 8.74. The molecule has 1 spiro atoms. The van der Waals surface area contributed by atoms with Gasteiger partial charge in [-0.15, -0.1) is 0 Å². The van der Waals surface area contributed by atoms with Gasteiger partial charge in [-0.3, -0.25) is 14.6 Å². The van der Waals surface area contributed by atoms with E-state index in [4.69, 9.17) is 20.9 Å². The molecule has 4 aliphatic heterocycles. The normalized spacial score (nSPS) is 27.7. The number of pyridine rings is 1. The molecule has 1 saturated heterocycles.